The Bertz CT molecular complexity index is 1060. The van der Waals surface area contributed by atoms with E-state index < -0.39 is 28.9 Å². The van der Waals surface area contributed by atoms with Crippen molar-refractivity contribution in [3.8, 4) is 11.5 Å². The maximum absolute atomic E-state index is 12.2. The molecule has 0 aliphatic rings. The molecule has 228 valence electrons. The van der Waals surface area contributed by atoms with Gasteiger partial charge in [-0.25, -0.2) is 9.59 Å². The zero-order valence-electron chi connectivity index (χ0n) is 26.8. The quantitative estimate of drug-likeness (QED) is 0.120. The minimum absolute atomic E-state index is 0.0106. The third kappa shape index (κ3) is 12.1. The minimum Gasteiger partial charge on any atom is -0.393 e. The summed E-state index contributed by atoms with van der Waals surface area (Å²) >= 11 is 0. The van der Waals surface area contributed by atoms with Crippen LogP contribution in [0.3, 0.4) is 0 Å². The van der Waals surface area contributed by atoms with Gasteiger partial charge in [0.15, 0.2) is 0 Å². The van der Waals surface area contributed by atoms with E-state index in [4.69, 9.17) is 29.0 Å². The zero-order valence-corrected chi connectivity index (χ0v) is 26.8. The van der Waals surface area contributed by atoms with Gasteiger partial charge in [0.2, 0.25) is 0 Å². The summed E-state index contributed by atoms with van der Waals surface area (Å²) in [7, 11) is 0. The Morgan fingerprint density at radius 1 is 0.512 bits per heavy atom. The van der Waals surface area contributed by atoms with Crippen molar-refractivity contribution >= 4 is 12.3 Å². The molecule has 0 amide bonds. The van der Waals surface area contributed by atoms with E-state index in [1.807, 2.05) is 52.0 Å². The lowest BCUT2D eigenvalue weighted by Crippen LogP contribution is -2.32. The molecule has 2 aromatic carbocycles. The maximum Gasteiger partial charge on any atom is 0.546 e. The lowest BCUT2D eigenvalue weighted by Gasteiger charge is -2.30. The summed E-state index contributed by atoms with van der Waals surface area (Å²) in [5, 5.41) is 0. The highest BCUT2D eigenvalue weighted by Crippen LogP contribution is 2.34. The van der Waals surface area contributed by atoms with Crippen LogP contribution in [0.15, 0.2) is 48.5 Å². The second-order valence-corrected chi connectivity index (χ2v) is 14.7. The zero-order chi connectivity index (χ0) is 31.3. The minimum atomic E-state index is -0.934. The average molecular weight is 573 g/mol. The molecule has 0 saturated carbocycles. The molecule has 41 heavy (non-hydrogen) atoms. The molecule has 0 aromatic heterocycles. The number of hydrogen-bond acceptors (Lipinski definition) is 8. The van der Waals surface area contributed by atoms with Crippen LogP contribution in [0, 0.1) is 10.8 Å². The maximum atomic E-state index is 12.2. The monoisotopic (exact) mass is 572 g/mol. The van der Waals surface area contributed by atoms with Crippen molar-refractivity contribution in [2.75, 3.05) is 0 Å². The number of ether oxygens (including phenoxy) is 2. The molecule has 0 heterocycles. The van der Waals surface area contributed by atoms with Crippen LogP contribution in [0.4, 0.5) is 9.59 Å². The van der Waals surface area contributed by atoms with Gasteiger partial charge in [-0.15, -0.1) is 0 Å². The molecule has 2 aromatic rings. The molecule has 0 aliphatic carbocycles. The number of carbonyl (C=O) groups excluding carboxylic acids is 2. The van der Waals surface area contributed by atoms with Gasteiger partial charge in [0.25, 0.3) is 0 Å². The molecule has 0 spiro atoms. The molecule has 8 nitrogen and oxygen atoms in total. The Morgan fingerprint density at radius 2 is 0.805 bits per heavy atom. The summed E-state index contributed by atoms with van der Waals surface area (Å²) in [6.45, 7) is 24.1. The van der Waals surface area contributed by atoms with E-state index in [0.29, 0.717) is 24.3 Å². The first-order valence-corrected chi connectivity index (χ1v) is 13.9. The number of rotatable bonds is 10. The fourth-order valence-electron chi connectivity index (χ4n) is 5.18. The van der Waals surface area contributed by atoms with Crippen molar-refractivity contribution in [3.63, 3.8) is 0 Å². The lowest BCUT2D eigenvalue weighted by atomic mass is 9.78. The summed E-state index contributed by atoms with van der Waals surface area (Å²) in [5.74, 6) is 0.670. The first-order chi connectivity index (χ1) is 18.6. The first-order valence-electron chi connectivity index (χ1n) is 13.9. The van der Waals surface area contributed by atoms with Gasteiger partial charge in [0, 0.05) is 5.41 Å². The van der Waals surface area contributed by atoms with Crippen LogP contribution in [0.5, 0.6) is 11.5 Å². The van der Waals surface area contributed by atoms with Gasteiger partial charge in [-0.2, -0.15) is 9.78 Å². The highest BCUT2D eigenvalue weighted by Gasteiger charge is 2.31. The molecule has 0 unspecified atom stereocenters. The van der Waals surface area contributed by atoms with Gasteiger partial charge < -0.3 is 9.47 Å². The molecule has 8 heteroatoms. The summed E-state index contributed by atoms with van der Waals surface area (Å²) in [5.41, 5.74) is 0.309. The summed E-state index contributed by atoms with van der Waals surface area (Å²) in [6.07, 6.45) is -0.482. The molecule has 0 aliphatic heterocycles. The Kier molecular flexibility index (Phi) is 10.7. The topological polar surface area (TPSA) is 89.5 Å². The van der Waals surface area contributed by atoms with Crippen LogP contribution in [-0.2, 0) is 25.0 Å². The smallest absolute Gasteiger partial charge is 0.393 e. The van der Waals surface area contributed by atoms with Gasteiger partial charge in [0.1, 0.15) is 22.7 Å². The van der Waals surface area contributed by atoms with Gasteiger partial charge in [-0.05, 0) is 86.8 Å². The van der Waals surface area contributed by atoms with E-state index in [1.54, 1.807) is 24.3 Å². The van der Waals surface area contributed by atoms with Crippen LogP contribution < -0.4 is 9.47 Å². The Labute approximate surface area is 245 Å². The van der Waals surface area contributed by atoms with Crippen LogP contribution in [0.25, 0.3) is 0 Å². The van der Waals surface area contributed by atoms with E-state index in [0.717, 1.165) is 11.1 Å². The van der Waals surface area contributed by atoms with Crippen LogP contribution >= 0.6 is 0 Å². The van der Waals surface area contributed by atoms with Crippen molar-refractivity contribution in [2.45, 2.75) is 113 Å². The van der Waals surface area contributed by atoms with E-state index in [-0.39, 0.29) is 10.8 Å². The molecular formula is C33H48O8. The first kappa shape index (κ1) is 34.1. The van der Waals surface area contributed by atoms with Gasteiger partial charge in [-0.3, -0.25) is 9.78 Å². The number of carbonyl (C=O) groups is 2. The van der Waals surface area contributed by atoms with E-state index >= 15 is 0 Å². The predicted molar refractivity (Wildman–Crippen MR) is 158 cm³/mol. The number of hydrogen-bond donors (Lipinski definition) is 0. The van der Waals surface area contributed by atoms with E-state index in [9.17, 15) is 9.59 Å². The molecule has 0 atom stereocenters. The lowest BCUT2D eigenvalue weighted by molar-refractivity contribution is -0.318. The van der Waals surface area contributed by atoms with Crippen LogP contribution in [0.1, 0.15) is 107 Å². The van der Waals surface area contributed by atoms with Gasteiger partial charge in [0.05, 0.1) is 0 Å². The molecule has 0 saturated heterocycles. The molecule has 0 fully saturated rings. The molecule has 2 rings (SSSR count). The Balaban J connectivity index is 1.94. The van der Waals surface area contributed by atoms with Crippen molar-refractivity contribution in [2.24, 2.45) is 10.8 Å². The van der Waals surface area contributed by atoms with Gasteiger partial charge >= 0.3 is 12.3 Å². The Hall–Kier alpha value is -3.10. The SMILES string of the molecule is CC(C)(C)CC(C)(C)OOC(=O)Oc1ccc(C(C)(C)c2ccc(OC(=O)OOC(C)(C)CC(C)(C)C)cc2)cc1. The largest absolute Gasteiger partial charge is 0.546 e. The van der Waals surface area contributed by atoms with Crippen molar-refractivity contribution in [3.05, 3.63) is 59.7 Å². The van der Waals surface area contributed by atoms with Crippen molar-refractivity contribution < 1.29 is 38.6 Å². The van der Waals surface area contributed by atoms with E-state index in [2.05, 4.69) is 55.4 Å². The van der Waals surface area contributed by atoms with Crippen molar-refractivity contribution in [1.82, 2.24) is 0 Å². The Morgan fingerprint density at radius 3 is 1.07 bits per heavy atom. The second kappa shape index (κ2) is 12.8. The second-order valence-electron chi connectivity index (χ2n) is 14.7. The van der Waals surface area contributed by atoms with E-state index in [1.165, 1.54) is 0 Å². The molecule has 0 bridgehead atoms. The summed E-state index contributed by atoms with van der Waals surface area (Å²) in [4.78, 5) is 44.8. The van der Waals surface area contributed by atoms with Crippen LogP contribution in [-0.4, -0.2) is 23.5 Å². The normalized spacial score (nSPS) is 13.0. The predicted octanol–water partition coefficient (Wildman–Crippen LogP) is 9.34. The number of benzene rings is 2. The third-order valence-electron chi connectivity index (χ3n) is 6.14. The van der Waals surface area contributed by atoms with Crippen molar-refractivity contribution in [1.29, 1.82) is 0 Å². The molecular weight excluding hydrogens is 524 g/mol. The third-order valence-corrected chi connectivity index (χ3v) is 6.14. The standard InChI is InChI=1S/C33H48O8/c1-29(2,3)21-31(7,8)40-38-27(34)36-25-17-13-23(14-18-25)33(11,12)24-15-19-26(20-16-24)37-28(35)39-41-32(9,10)22-30(4,5)6/h13-20H,21-22H2,1-12H3. The highest BCUT2D eigenvalue weighted by atomic mass is 17.2. The fourth-order valence-corrected chi connectivity index (χ4v) is 5.18. The average Bonchev–Trinajstić information content (AvgIpc) is 2.79. The molecule has 0 N–H and O–H groups in total. The van der Waals surface area contributed by atoms with Gasteiger partial charge in [-0.1, -0.05) is 79.7 Å². The van der Waals surface area contributed by atoms with Crippen LogP contribution in [0.2, 0.25) is 0 Å². The summed E-state index contributed by atoms with van der Waals surface area (Å²) in [6, 6.07) is 14.3. The summed E-state index contributed by atoms with van der Waals surface area (Å²) < 4.78 is 10.5. The fraction of sp³-hybridized carbons (Fsp3) is 0.576. The molecule has 0 radical (unpaired) electrons. The highest BCUT2D eigenvalue weighted by molar-refractivity contribution is 5.63.